The summed E-state index contributed by atoms with van der Waals surface area (Å²) < 4.78 is 5.67. The first-order valence-electron chi connectivity index (χ1n) is 3.62. The van der Waals surface area contributed by atoms with Gasteiger partial charge in [-0.1, -0.05) is 0 Å². The zero-order valence-electron chi connectivity index (χ0n) is 7.21. The van der Waals surface area contributed by atoms with Gasteiger partial charge in [-0.15, -0.1) is 0 Å². The second-order valence-electron chi connectivity index (χ2n) is 2.46. The molecule has 1 aromatic rings. The molecular formula is C9H6Br2O3. The van der Waals surface area contributed by atoms with Gasteiger partial charge in [0.25, 0.3) is 0 Å². The van der Waals surface area contributed by atoms with Gasteiger partial charge in [-0.25, -0.2) is 4.79 Å². The van der Waals surface area contributed by atoms with Gasteiger partial charge in [0.05, 0.1) is 12.7 Å². The quantitative estimate of drug-likeness (QED) is 0.621. The molecule has 0 radical (unpaired) electrons. The van der Waals surface area contributed by atoms with Gasteiger partial charge in [-0.05, 0) is 44.0 Å². The number of methoxy groups -OCH3 is 1. The maximum atomic E-state index is 11.2. The van der Waals surface area contributed by atoms with Crippen molar-refractivity contribution in [3.05, 3.63) is 32.2 Å². The number of rotatable bonds is 2. The van der Waals surface area contributed by atoms with Crippen LogP contribution in [0.25, 0.3) is 0 Å². The monoisotopic (exact) mass is 320 g/mol. The predicted octanol–water partition coefficient (Wildman–Crippen LogP) is 2.81. The average Bonchev–Trinajstić information content (AvgIpc) is 2.16. The van der Waals surface area contributed by atoms with E-state index in [2.05, 4.69) is 36.6 Å². The largest absolute Gasteiger partial charge is 0.465 e. The smallest absolute Gasteiger partial charge is 0.337 e. The van der Waals surface area contributed by atoms with Crippen LogP contribution in [-0.2, 0) is 4.74 Å². The van der Waals surface area contributed by atoms with Crippen LogP contribution >= 0.6 is 31.9 Å². The first-order valence-corrected chi connectivity index (χ1v) is 5.21. The third-order valence-electron chi connectivity index (χ3n) is 1.62. The SMILES string of the molecule is COC(=O)c1cc(Br)c(C=O)c(Br)c1. The molecule has 0 atom stereocenters. The summed E-state index contributed by atoms with van der Waals surface area (Å²) in [7, 11) is 1.30. The first-order chi connectivity index (χ1) is 6.60. The van der Waals surface area contributed by atoms with E-state index in [4.69, 9.17) is 0 Å². The highest BCUT2D eigenvalue weighted by Crippen LogP contribution is 2.26. The Kier molecular flexibility index (Phi) is 3.83. The van der Waals surface area contributed by atoms with E-state index in [1.54, 1.807) is 12.1 Å². The molecule has 0 unspecified atom stereocenters. The van der Waals surface area contributed by atoms with Crippen LogP contribution in [0.15, 0.2) is 21.1 Å². The Morgan fingerprint density at radius 1 is 1.36 bits per heavy atom. The Morgan fingerprint density at radius 3 is 2.21 bits per heavy atom. The van der Waals surface area contributed by atoms with Crippen molar-refractivity contribution in [1.82, 2.24) is 0 Å². The molecule has 0 bridgehead atoms. The molecule has 0 aromatic heterocycles. The van der Waals surface area contributed by atoms with Crippen LogP contribution in [-0.4, -0.2) is 19.4 Å². The van der Waals surface area contributed by atoms with Crippen molar-refractivity contribution in [1.29, 1.82) is 0 Å². The molecule has 0 aliphatic rings. The lowest BCUT2D eigenvalue weighted by molar-refractivity contribution is 0.0600. The zero-order valence-corrected chi connectivity index (χ0v) is 10.4. The Balaban J connectivity index is 3.27. The summed E-state index contributed by atoms with van der Waals surface area (Å²) in [5, 5.41) is 0. The molecular weight excluding hydrogens is 316 g/mol. The molecule has 0 aliphatic heterocycles. The molecule has 0 aliphatic carbocycles. The number of halogens is 2. The van der Waals surface area contributed by atoms with Gasteiger partial charge < -0.3 is 4.74 Å². The molecule has 0 saturated heterocycles. The van der Waals surface area contributed by atoms with E-state index in [1.165, 1.54) is 7.11 Å². The maximum absolute atomic E-state index is 11.2. The normalized spacial score (nSPS) is 9.64. The van der Waals surface area contributed by atoms with Crippen molar-refractivity contribution in [3.63, 3.8) is 0 Å². The highest BCUT2D eigenvalue weighted by molar-refractivity contribution is 9.11. The third kappa shape index (κ3) is 2.22. The highest BCUT2D eigenvalue weighted by Gasteiger charge is 2.11. The summed E-state index contributed by atoms with van der Waals surface area (Å²) >= 11 is 6.37. The fraction of sp³-hybridized carbons (Fsp3) is 0.111. The Hall–Kier alpha value is -0.680. The molecule has 5 heteroatoms. The van der Waals surface area contributed by atoms with Gasteiger partial charge >= 0.3 is 5.97 Å². The van der Waals surface area contributed by atoms with Gasteiger partial charge in [0.15, 0.2) is 6.29 Å². The van der Waals surface area contributed by atoms with Crippen molar-refractivity contribution in [2.45, 2.75) is 0 Å². The minimum Gasteiger partial charge on any atom is -0.465 e. The number of carbonyl (C=O) groups is 2. The second-order valence-corrected chi connectivity index (χ2v) is 4.17. The van der Waals surface area contributed by atoms with Crippen molar-refractivity contribution in [2.75, 3.05) is 7.11 Å². The van der Waals surface area contributed by atoms with Crippen molar-refractivity contribution in [3.8, 4) is 0 Å². The summed E-state index contributed by atoms with van der Waals surface area (Å²) in [5.74, 6) is -0.441. The molecule has 74 valence electrons. The molecule has 0 fully saturated rings. The molecule has 1 aromatic carbocycles. The number of hydrogen-bond acceptors (Lipinski definition) is 3. The van der Waals surface area contributed by atoms with Gasteiger partial charge in [-0.2, -0.15) is 0 Å². The lowest BCUT2D eigenvalue weighted by Gasteiger charge is -2.04. The standard InChI is InChI=1S/C9H6Br2O3/c1-14-9(13)5-2-7(10)6(4-12)8(11)3-5/h2-4H,1H3. The van der Waals surface area contributed by atoms with Crippen LogP contribution in [0.3, 0.4) is 0 Å². The van der Waals surface area contributed by atoms with Crippen LogP contribution in [0, 0.1) is 0 Å². The fourth-order valence-corrected chi connectivity index (χ4v) is 2.31. The topological polar surface area (TPSA) is 43.4 Å². The molecule has 0 heterocycles. The van der Waals surface area contributed by atoms with Crippen molar-refractivity contribution < 1.29 is 14.3 Å². The lowest BCUT2D eigenvalue weighted by atomic mass is 10.1. The van der Waals surface area contributed by atoms with Crippen LogP contribution in [0.1, 0.15) is 20.7 Å². The molecule has 0 spiro atoms. The van der Waals surface area contributed by atoms with Crippen molar-refractivity contribution in [2.24, 2.45) is 0 Å². The van der Waals surface area contributed by atoms with Crippen LogP contribution in [0.5, 0.6) is 0 Å². The van der Waals surface area contributed by atoms with Gasteiger partial charge in [0.2, 0.25) is 0 Å². The summed E-state index contributed by atoms with van der Waals surface area (Å²) in [5.41, 5.74) is 0.856. The van der Waals surface area contributed by atoms with E-state index in [9.17, 15) is 9.59 Å². The number of ether oxygens (including phenoxy) is 1. The fourth-order valence-electron chi connectivity index (χ4n) is 0.933. The summed E-state index contributed by atoms with van der Waals surface area (Å²) in [4.78, 5) is 21.8. The number of benzene rings is 1. The third-order valence-corrected chi connectivity index (χ3v) is 2.93. The number of aldehydes is 1. The Bertz CT molecular complexity index is 365. The van der Waals surface area contributed by atoms with E-state index in [-0.39, 0.29) is 0 Å². The maximum Gasteiger partial charge on any atom is 0.337 e. The van der Waals surface area contributed by atoms with Gasteiger partial charge in [-0.3, -0.25) is 4.79 Å². The van der Waals surface area contributed by atoms with Gasteiger partial charge in [0, 0.05) is 14.5 Å². The molecule has 14 heavy (non-hydrogen) atoms. The Labute approximate surface area is 97.7 Å². The second kappa shape index (κ2) is 4.70. The van der Waals surface area contributed by atoms with Crippen LogP contribution < -0.4 is 0 Å². The molecule has 0 N–H and O–H groups in total. The zero-order chi connectivity index (χ0) is 10.7. The van der Waals surface area contributed by atoms with E-state index < -0.39 is 5.97 Å². The van der Waals surface area contributed by atoms with Crippen LogP contribution in [0.4, 0.5) is 0 Å². The number of esters is 1. The van der Waals surface area contributed by atoms with Crippen LogP contribution in [0.2, 0.25) is 0 Å². The predicted molar refractivity (Wildman–Crippen MR) is 58.6 cm³/mol. The van der Waals surface area contributed by atoms with Crippen molar-refractivity contribution >= 4 is 44.1 Å². The summed E-state index contributed by atoms with van der Waals surface area (Å²) in [6.45, 7) is 0. The minimum atomic E-state index is -0.441. The highest BCUT2D eigenvalue weighted by atomic mass is 79.9. The van der Waals surface area contributed by atoms with Gasteiger partial charge in [0.1, 0.15) is 0 Å². The summed E-state index contributed by atoms with van der Waals surface area (Å²) in [6, 6.07) is 3.08. The first kappa shape index (κ1) is 11.4. The van der Waals surface area contributed by atoms with E-state index in [0.29, 0.717) is 26.4 Å². The van der Waals surface area contributed by atoms with E-state index in [0.717, 1.165) is 0 Å². The molecule has 0 amide bonds. The number of carbonyl (C=O) groups excluding carboxylic acids is 2. The lowest BCUT2D eigenvalue weighted by Crippen LogP contribution is -2.02. The molecule has 1 rings (SSSR count). The molecule has 3 nitrogen and oxygen atoms in total. The summed E-state index contributed by atoms with van der Waals surface area (Å²) in [6.07, 6.45) is 0.704. The molecule has 0 saturated carbocycles. The van der Waals surface area contributed by atoms with E-state index in [1.807, 2.05) is 0 Å². The number of hydrogen-bond donors (Lipinski definition) is 0. The van der Waals surface area contributed by atoms with E-state index >= 15 is 0 Å². The minimum absolute atomic E-state index is 0.386. The average molecular weight is 322 g/mol. The Morgan fingerprint density at radius 2 is 1.86 bits per heavy atom.